The smallest absolute Gasteiger partial charge is 0.215 e. The quantitative estimate of drug-likeness (QED) is 0.0615. The van der Waals surface area contributed by atoms with Crippen LogP contribution in [0.4, 0.5) is 11.4 Å². The Labute approximate surface area is 298 Å². The Kier molecular flexibility index (Phi) is 11.8. The van der Waals surface area contributed by atoms with Crippen molar-refractivity contribution in [1.82, 2.24) is 21.3 Å². The molecule has 0 aliphatic carbocycles. The van der Waals surface area contributed by atoms with E-state index < -0.39 is 0 Å². The maximum absolute atomic E-state index is 3.70. The van der Waals surface area contributed by atoms with E-state index in [4.69, 9.17) is 0 Å². The predicted molar refractivity (Wildman–Crippen MR) is 212 cm³/mol. The molecule has 6 aromatic rings. The van der Waals surface area contributed by atoms with Crippen LogP contribution in [0.15, 0.2) is 84.9 Å². The second-order valence-corrected chi connectivity index (χ2v) is 13.9. The minimum Gasteiger partial charge on any atom is -0.377 e. The monoisotopic (exact) mass is 672 g/mol. The average molecular weight is 673 g/mol. The summed E-state index contributed by atoms with van der Waals surface area (Å²) in [5, 5.41) is 19.2. The summed E-state index contributed by atoms with van der Waals surface area (Å²) < 4.78 is 5.04. The number of anilines is 2. The third-order valence-corrected chi connectivity index (χ3v) is 9.75. The van der Waals surface area contributed by atoms with Gasteiger partial charge in [0.1, 0.15) is 0 Å². The summed E-state index contributed by atoms with van der Waals surface area (Å²) in [6.45, 7) is 7.56. The Morgan fingerprint density at radius 1 is 0.460 bits per heavy atom. The number of hydrogen-bond acceptors (Lipinski definition) is 6. The summed E-state index contributed by atoms with van der Waals surface area (Å²) in [4.78, 5) is 4.37. The van der Waals surface area contributed by atoms with Crippen LogP contribution in [-0.4, -0.2) is 68.5 Å². The van der Waals surface area contributed by atoms with E-state index in [0.717, 1.165) is 65.2 Å². The van der Waals surface area contributed by atoms with Crippen molar-refractivity contribution >= 4 is 55.0 Å². The second kappa shape index (κ2) is 16.6. The fourth-order valence-corrected chi connectivity index (χ4v) is 7.08. The molecule has 0 bridgehead atoms. The summed E-state index contributed by atoms with van der Waals surface area (Å²) in [6, 6.07) is 32.0. The van der Waals surface area contributed by atoms with Crippen LogP contribution in [0.3, 0.4) is 0 Å². The van der Waals surface area contributed by atoms with E-state index in [1.807, 2.05) is 14.1 Å². The molecule has 0 fully saturated rings. The summed E-state index contributed by atoms with van der Waals surface area (Å²) in [7, 11) is 12.5. The Hall–Kier alpha value is -4.34. The topological polar surface area (TPSA) is 62.4 Å². The molecule has 0 saturated carbocycles. The average Bonchev–Trinajstić information content (AvgIpc) is 3.11. The number of pyridine rings is 2. The molecule has 0 saturated heterocycles. The first-order valence-corrected chi connectivity index (χ1v) is 18.2. The van der Waals surface area contributed by atoms with Crippen molar-refractivity contribution in [1.29, 1.82) is 0 Å². The number of fused-ring (bicyclic) bond motifs is 4. The predicted octanol–water partition coefficient (Wildman–Crippen LogP) is 5.10. The zero-order valence-corrected chi connectivity index (χ0v) is 30.9. The highest BCUT2D eigenvalue weighted by Crippen LogP contribution is 2.26. The molecule has 0 spiro atoms. The van der Waals surface area contributed by atoms with Gasteiger partial charge in [0.05, 0.1) is 0 Å². The van der Waals surface area contributed by atoms with Crippen LogP contribution in [0.5, 0.6) is 0 Å². The van der Waals surface area contributed by atoms with E-state index in [1.165, 1.54) is 66.1 Å². The molecule has 262 valence electrons. The zero-order valence-electron chi connectivity index (χ0n) is 30.9. The van der Waals surface area contributed by atoms with Crippen molar-refractivity contribution in [2.45, 2.75) is 39.0 Å². The molecule has 0 atom stereocenters. The molecule has 50 heavy (non-hydrogen) atoms. The Morgan fingerprint density at radius 2 is 0.840 bits per heavy atom. The first kappa shape index (κ1) is 35.5. The minimum absolute atomic E-state index is 0.869. The van der Waals surface area contributed by atoms with Gasteiger partial charge in [0, 0.05) is 137 Å². The van der Waals surface area contributed by atoms with Crippen molar-refractivity contribution in [2.24, 2.45) is 0 Å². The summed E-state index contributed by atoms with van der Waals surface area (Å²) >= 11 is 0. The summed E-state index contributed by atoms with van der Waals surface area (Å²) in [6.07, 6.45) is 2.13. The first-order valence-electron chi connectivity index (χ1n) is 18.2. The van der Waals surface area contributed by atoms with Gasteiger partial charge in [-0.3, -0.25) is 0 Å². The molecular weight excluding hydrogens is 617 g/mol. The summed E-state index contributed by atoms with van der Waals surface area (Å²) in [5.41, 5.74) is 10.3. The van der Waals surface area contributed by atoms with Crippen LogP contribution in [-0.2, 0) is 26.2 Å². The lowest BCUT2D eigenvalue weighted by Gasteiger charge is -2.15. The van der Waals surface area contributed by atoms with Gasteiger partial charge < -0.3 is 31.1 Å². The molecule has 2 heterocycles. The fourth-order valence-electron chi connectivity index (χ4n) is 7.08. The molecule has 4 aromatic carbocycles. The molecule has 0 aliphatic heterocycles. The van der Waals surface area contributed by atoms with Crippen molar-refractivity contribution in [3.8, 4) is 0 Å². The molecule has 0 unspecified atom stereocenters. The van der Waals surface area contributed by atoms with Crippen LogP contribution in [0.1, 0.15) is 24.0 Å². The molecule has 0 aliphatic rings. The molecule has 4 N–H and O–H groups in total. The van der Waals surface area contributed by atoms with Gasteiger partial charge in [-0.15, -0.1) is 0 Å². The highest BCUT2D eigenvalue weighted by Gasteiger charge is 2.19. The number of benzene rings is 4. The zero-order chi connectivity index (χ0) is 35.0. The molecule has 8 heteroatoms. The maximum Gasteiger partial charge on any atom is 0.215 e. The van der Waals surface area contributed by atoms with Gasteiger partial charge in [0.2, 0.25) is 22.1 Å². The van der Waals surface area contributed by atoms with Crippen molar-refractivity contribution in [2.75, 3.05) is 78.3 Å². The molecule has 0 amide bonds. The highest BCUT2D eigenvalue weighted by molar-refractivity contribution is 5.92. The summed E-state index contributed by atoms with van der Waals surface area (Å²) in [5.74, 6) is 0. The number of rotatable bonds is 17. The molecule has 8 nitrogen and oxygen atoms in total. The Morgan fingerprint density at radius 3 is 1.22 bits per heavy atom. The molecular formula is C42H56N8+2. The fraction of sp³-hybridized carbons (Fsp3) is 0.381. The Balaban J connectivity index is 1.05. The van der Waals surface area contributed by atoms with E-state index in [0.29, 0.717) is 0 Å². The van der Waals surface area contributed by atoms with E-state index in [2.05, 4.69) is 153 Å². The molecule has 0 radical (unpaired) electrons. The van der Waals surface area contributed by atoms with Gasteiger partial charge in [-0.2, -0.15) is 9.13 Å². The number of hydrogen-bond donors (Lipinski definition) is 4. The lowest BCUT2D eigenvalue weighted by atomic mass is 10.1. The van der Waals surface area contributed by atoms with E-state index in [-0.39, 0.29) is 0 Å². The van der Waals surface area contributed by atoms with Crippen LogP contribution in [0.2, 0.25) is 0 Å². The number of aryl methyl sites for hydroxylation is 2. The van der Waals surface area contributed by atoms with Crippen molar-refractivity contribution in [3.05, 3.63) is 96.1 Å². The third kappa shape index (κ3) is 8.16. The van der Waals surface area contributed by atoms with Gasteiger partial charge in [0.15, 0.2) is 13.1 Å². The van der Waals surface area contributed by atoms with Crippen LogP contribution in [0.25, 0.3) is 43.6 Å². The number of nitrogens with one attached hydrogen (secondary N) is 4. The normalized spacial score (nSPS) is 11.7. The van der Waals surface area contributed by atoms with Crippen molar-refractivity contribution < 1.29 is 9.13 Å². The van der Waals surface area contributed by atoms with E-state index in [1.54, 1.807) is 0 Å². The van der Waals surface area contributed by atoms with Gasteiger partial charge in [-0.1, -0.05) is 12.1 Å². The largest absolute Gasteiger partial charge is 0.377 e. The van der Waals surface area contributed by atoms with E-state index in [9.17, 15) is 0 Å². The lowest BCUT2D eigenvalue weighted by molar-refractivity contribution is -0.645. The standard InChI is InChI=1S/C42H56N8/c1-43-29-31-9-11-33-25-34-12-10-32(30-44-2)24-40(34)49(39(33)23-31)21-7-17-45-19-20-46-18-8-22-50-41-27-37(47(3)4)15-13-35(41)26-36-14-16-38(48(5)6)28-42(36)50/h9-16,23-28,43-46H,7-8,17-22,29-30H2,1-6H3/q+2. The Bertz CT molecular complexity index is 1940. The maximum atomic E-state index is 3.70. The molecule has 6 rings (SSSR count). The van der Waals surface area contributed by atoms with Gasteiger partial charge in [-0.05, 0) is 73.8 Å². The number of aromatic nitrogens is 2. The third-order valence-electron chi connectivity index (χ3n) is 9.75. The van der Waals surface area contributed by atoms with E-state index >= 15 is 0 Å². The van der Waals surface area contributed by atoms with Gasteiger partial charge in [0.25, 0.3) is 0 Å². The highest BCUT2D eigenvalue weighted by atomic mass is 15.1. The van der Waals surface area contributed by atoms with Crippen LogP contribution in [0, 0.1) is 0 Å². The minimum atomic E-state index is 0.869. The lowest BCUT2D eigenvalue weighted by Crippen LogP contribution is -2.39. The van der Waals surface area contributed by atoms with Crippen LogP contribution >= 0.6 is 0 Å². The number of nitrogens with zero attached hydrogens (tertiary/aromatic N) is 4. The van der Waals surface area contributed by atoms with Gasteiger partial charge >= 0.3 is 0 Å². The van der Waals surface area contributed by atoms with Crippen molar-refractivity contribution in [3.63, 3.8) is 0 Å². The first-order chi connectivity index (χ1) is 24.4. The second-order valence-electron chi connectivity index (χ2n) is 13.9. The van der Waals surface area contributed by atoms with Crippen LogP contribution < -0.4 is 40.2 Å². The molecule has 2 aromatic heterocycles. The SMILES string of the molecule is CNCc1ccc2cc3ccc(CNC)cc3[n+](CCCNCCNCCC[n+]3c4cc(N(C)C)ccc4cc4ccc(N(C)C)cc43)c2c1. The van der Waals surface area contributed by atoms with Gasteiger partial charge in [-0.25, -0.2) is 0 Å².